The molecule has 0 fully saturated rings. The van der Waals surface area contributed by atoms with Crippen molar-refractivity contribution in [2.24, 2.45) is 0 Å². The Labute approximate surface area is 190 Å². The van der Waals surface area contributed by atoms with E-state index < -0.39 is 10.0 Å². The lowest BCUT2D eigenvalue weighted by Gasteiger charge is -2.09. The Morgan fingerprint density at radius 3 is 1.97 bits per heavy atom. The van der Waals surface area contributed by atoms with E-state index in [1.165, 1.54) is 0 Å². The molecule has 0 bridgehead atoms. The number of nitrogens with zero attached hydrogens (tertiary/aromatic N) is 1. The number of thiophene rings is 1. The quantitative estimate of drug-likeness (QED) is 0.338. The van der Waals surface area contributed by atoms with Crippen LogP contribution in [0.2, 0.25) is 0 Å². The molecule has 0 radical (unpaired) electrons. The third-order valence-electron chi connectivity index (χ3n) is 5.09. The normalized spacial score (nSPS) is 11.5. The Kier molecular flexibility index (Phi) is 5.13. The predicted octanol–water partition coefficient (Wildman–Crippen LogP) is 6.01. The Morgan fingerprint density at radius 2 is 1.34 bits per heavy atom. The van der Waals surface area contributed by atoms with Gasteiger partial charge in [-0.25, -0.2) is 13.4 Å². The highest BCUT2D eigenvalue weighted by Crippen LogP contribution is 2.43. The van der Waals surface area contributed by atoms with Gasteiger partial charge >= 0.3 is 0 Å². The predicted molar refractivity (Wildman–Crippen MR) is 132 cm³/mol. The summed E-state index contributed by atoms with van der Waals surface area (Å²) in [4.78, 5) is 5.36. The van der Waals surface area contributed by atoms with Gasteiger partial charge in [-0.05, 0) is 29.3 Å². The van der Waals surface area contributed by atoms with E-state index in [0.717, 1.165) is 33.7 Å². The average molecular weight is 458 g/mol. The highest BCUT2D eigenvalue weighted by molar-refractivity contribution is 7.95. The fourth-order valence-electron chi connectivity index (χ4n) is 3.61. The van der Waals surface area contributed by atoms with E-state index >= 15 is 0 Å². The topological polar surface area (TPSA) is 85.1 Å². The largest absolute Gasteiger partial charge is 0.396 e. The van der Waals surface area contributed by atoms with Crippen molar-refractivity contribution in [1.82, 2.24) is 4.98 Å². The van der Waals surface area contributed by atoms with Crippen molar-refractivity contribution < 1.29 is 8.42 Å². The van der Waals surface area contributed by atoms with Crippen LogP contribution in [0.15, 0.2) is 101 Å². The van der Waals surface area contributed by atoms with E-state index in [9.17, 15) is 8.42 Å². The molecule has 0 spiro atoms. The van der Waals surface area contributed by atoms with Crippen LogP contribution in [0, 0.1) is 0 Å². The first-order valence-electron chi connectivity index (χ1n) is 9.95. The van der Waals surface area contributed by atoms with Crippen LogP contribution in [0.5, 0.6) is 0 Å². The summed E-state index contributed by atoms with van der Waals surface area (Å²) in [7, 11) is -3.88. The first kappa shape index (κ1) is 20.2. The molecule has 0 aliphatic heterocycles. The van der Waals surface area contributed by atoms with Crippen LogP contribution in [-0.2, 0) is 10.0 Å². The van der Waals surface area contributed by atoms with Gasteiger partial charge < -0.3 is 5.73 Å². The number of nitrogen functional groups attached to an aromatic ring is 1. The Bertz CT molecular complexity index is 1500. The zero-order valence-electron chi connectivity index (χ0n) is 16.9. The molecule has 2 heterocycles. The summed E-state index contributed by atoms with van der Waals surface area (Å²) in [6, 6.07) is 30.3. The number of nitrogens with one attached hydrogen (secondary N) is 1. The summed E-state index contributed by atoms with van der Waals surface area (Å²) in [5, 5.41) is 0.648. The van der Waals surface area contributed by atoms with Gasteiger partial charge in [0.25, 0.3) is 10.0 Å². The number of nitrogens with two attached hydrogens (primary N) is 1. The molecule has 0 atom stereocenters. The molecule has 0 unspecified atom stereocenters. The van der Waals surface area contributed by atoms with E-state index in [0.29, 0.717) is 15.9 Å². The highest BCUT2D eigenvalue weighted by atomic mass is 32.2. The molecule has 5 rings (SSSR count). The molecule has 3 N–H and O–H groups in total. The van der Waals surface area contributed by atoms with Crippen molar-refractivity contribution >= 4 is 43.0 Å². The number of hydrogen-bond donors (Lipinski definition) is 2. The van der Waals surface area contributed by atoms with Gasteiger partial charge in [0.1, 0.15) is 4.83 Å². The summed E-state index contributed by atoms with van der Waals surface area (Å²) in [5.74, 6) is 0. The van der Waals surface area contributed by atoms with Crippen LogP contribution >= 0.6 is 11.3 Å². The van der Waals surface area contributed by atoms with Crippen molar-refractivity contribution in [1.29, 1.82) is 0 Å². The monoisotopic (exact) mass is 457 g/mol. The summed E-state index contributed by atoms with van der Waals surface area (Å²) in [5.41, 5.74) is 10.7. The van der Waals surface area contributed by atoms with E-state index in [-0.39, 0.29) is 9.90 Å². The van der Waals surface area contributed by atoms with Crippen molar-refractivity contribution in [3.05, 3.63) is 97.1 Å². The van der Waals surface area contributed by atoms with Crippen LogP contribution in [-0.4, -0.2) is 13.4 Å². The maximum absolute atomic E-state index is 13.2. The van der Waals surface area contributed by atoms with E-state index in [1.807, 2.05) is 72.8 Å². The number of rotatable bonds is 5. The smallest absolute Gasteiger partial charge is 0.273 e. The van der Waals surface area contributed by atoms with Crippen LogP contribution in [0.4, 0.5) is 11.4 Å². The minimum atomic E-state index is -3.88. The van der Waals surface area contributed by atoms with E-state index in [4.69, 9.17) is 10.7 Å². The van der Waals surface area contributed by atoms with Gasteiger partial charge in [-0.3, -0.25) is 4.72 Å². The number of aromatic nitrogens is 1. The molecule has 32 heavy (non-hydrogen) atoms. The fraction of sp³-hybridized carbons (Fsp3) is 0. The standard InChI is InChI=1S/C25H19N3O2S2/c26-23-22-20(17-10-4-1-5-11-17)16-21(18-12-6-2-7-13-18)27-24(22)31-25(23)32(29,30)28-19-14-8-3-9-15-19/h1-16,28H,26H2. The minimum absolute atomic E-state index is 0.0613. The second kappa shape index (κ2) is 8.11. The summed E-state index contributed by atoms with van der Waals surface area (Å²) >= 11 is 1.08. The van der Waals surface area contributed by atoms with Gasteiger partial charge in [-0.2, -0.15) is 0 Å². The molecule has 2 aromatic heterocycles. The van der Waals surface area contributed by atoms with Crippen molar-refractivity contribution in [3.8, 4) is 22.4 Å². The molecule has 158 valence electrons. The fourth-order valence-corrected chi connectivity index (χ4v) is 6.20. The van der Waals surface area contributed by atoms with Gasteiger partial charge in [-0.15, -0.1) is 0 Å². The molecular weight excluding hydrogens is 438 g/mol. The molecule has 7 heteroatoms. The molecule has 0 saturated heterocycles. The molecular formula is C25H19N3O2S2. The number of pyridine rings is 1. The molecule has 0 aliphatic rings. The van der Waals surface area contributed by atoms with Gasteiger partial charge in [-0.1, -0.05) is 90.2 Å². The Balaban J connectivity index is 1.73. The second-order valence-corrected chi connectivity index (χ2v) is 10.1. The summed E-state index contributed by atoms with van der Waals surface area (Å²) in [6.45, 7) is 0. The van der Waals surface area contributed by atoms with Crippen LogP contribution in [0.3, 0.4) is 0 Å². The molecule has 5 nitrogen and oxygen atoms in total. The van der Waals surface area contributed by atoms with Crippen molar-refractivity contribution in [2.75, 3.05) is 10.5 Å². The summed E-state index contributed by atoms with van der Waals surface area (Å²) < 4.78 is 29.1. The van der Waals surface area contributed by atoms with E-state index in [2.05, 4.69) is 4.72 Å². The first-order chi connectivity index (χ1) is 15.5. The summed E-state index contributed by atoms with van der Waals surface area (Å²) in [6.07, 6.45) is 0. The highest BCUT2D eigenvalue weighted by Gasteiger charge is 2.26. The molecule has 0 amide bonds. The number of fused-ring (bicyclic) bond motifs is 1. The zero-order chi connectivity index (χ0) is 22.1. The maximum Gasteiger partial charge on any atom is 0.273 e. The number of sulfonamides is 1. The van der Waals surface area contributed by atoms with Crippen molar-refractivity contribution in [3.63, 3.8) is 0 Å². The first-order valence-corrected chi connectivity index (χ1v) is 12.2. The Hall–Kier alpha value is -3.68. The molecule has 0 aliphatic carbocycles. The van der Waals surface area contributed by atoms with Gasteiger partial charge in [0.05, 0.1) is 11.4 Å². The van der Waals surface area contributed by atoms with Gasteiger partial charge in [0.15, 0.2) is 4.21 Å². The van der Waals surface area contributed by atoms with E-state index in [1.54, 1.807) is 24.3 Å². The minimum Gasteiger partial charge on any atom is -0.396 e. The second-order valence-electron chi connectivity index (χ2n) is 7.24. The van der Waals surface area contributed by atoms with Gasteiger partial charge in [0, 0.05) is 16.6 Å². The third kappa shape index (κ3) is 3.72. The molecule has 5 aromatic rings. The number of hydrogen-bond acceptors (Lipinski definition) is 5. The molecule has 3 aromatic carbocycles. The number of anilines is 2. The average Bonchev–Trinajstić information content (AvgIpc) is 3.17. The lowest BCUT2D eigenvalue weighted by atomic mass is 10.00. The lowest BCUT2D eigenvalue weighted by Crippen LogP contribution is -2.12. The number of para-hydroxylation sites is 1. The SMILES string of the molecule is Nc1c(S(=O)(=O)Nc2ccccc2)sc2nc(-c3ccccc3)cc(-c3ccccc3)c12. The van der Waals surface area contributed by atoms with Crippen LogP contribution in [0.1, 0.15) is 0 Å². The van der Waals surface area contributed by atoms with Crippen molar-refractivity contribution in [2.45, 2.75) is 4.21 Å². The number of benzene rings is 3. The van der Waals surface area contributed by atoms with Crippen LogP contribution < -0.4 is 10.5 Å². The molecule has 0 saturated carbocycles. The third-order valence-corrected chi connectivity index (χ3v) is 8.10. The zero-order valence-corrected chi connectivity index (χ0v) is 18.5. The lowest BCUT2D eigenvalue weighted by molar-refractivity contribution is 0.603. The Morgan fingerprint density at radius 1 is 0.781 bits per heavy atom. The maximum atomic E-state index is 13.2. The van der Waals surface area contributed by atoms with Crippen LogP contribution in [0.25, 0.3) is 32.6 Å². The van der Waals surface area contributed by atoms with Gasteiger partial charge in [0.2, 0.25) is 0 Å².